The molecule has 0 radical (unpaired) electrons. The molecule has 3 atom stereocenters. The van der Waals surface area contributed by atoms with E-state index in [1.54, 1.807) is 13.8 Å². The quantitative estimate of drug-likeness (QED) is 0.313. The fourth-order valence-corrected chi connectivity index (χ4v) is 9.27. The first-order valence-electron chi connectivity index (χ1n) is 10.8. The van der Waals surface area contributed by atoms with Gasteiger partial charge >= 0.3 is 5.97 Å². The second kappa shape index (κ2) is 10.4. The molecule has 0 aliphatic carbocycles. The fourth-order valence-electron chi connectivity index (χ4n) is 4.04. The summed E-state index contributed by atoms with van der Waals surface area (Å²) in [5.41, 5.74) is 0. The number of benzene rings is 2. The number of esters is 1. The molecule has 0 heterocycles. The highest BCUT2D eigenvalue weighted by Gasteiger charge is 2.51. The topological polar surface area (TPSA) is 55.8 Å². The third-order valence-electron chi connectivity index (χ3n) is 5.75. The van der Waals surface area contributed by atoms with Gasteiger partial charge in [-0.1, -0.05) is 104 Å². The maximum atomic E-state index is 12.4. The Morgan fingerprint density at radius 2 is 1.45 bits per heavy atom. The van der Waals surface area contributed by atoms with Gasteiger partial charge in [0.2, 0.25) is 0 Å². The van der Waals surface area contributed by atoms with Crippen molar-refractivity contribution in [3.05, 3.63) is 60.7 Å². The molecule has 0 fully saturated rings. The van der Waals surface area contributed by atoms with Crippen molar-refractivity contribution in [2.45, 2.75) is 57.0 Å². The van der Waals surface area contributed by atoms with Gasteiger partial charge in [-0.2, -0.15) is 0 Å². The Labute approximate surface area is 196 Å². The largest absolute Gasteiger partial charge is 0.465 e. The summed E-state index contributed by atoms with van der Waals surface area (Å²) in [6.45, 7) is 12.5. The normalized spacial score (nSPS) is 16.3. The summed E-state index contributed by atoms with van der Waals surface area (Å²) >= 11 is 3.40. The van der Waals surface area contributed by atoms with Crippen molar-refractivity contribution in [2.24, 2.45) is 5.92 Å². The minimum absolute atomic E-state index is 0.154. The van der Waals surface area contributed by atoms with Crippen molar-refractivity contribution < 1.29 is 19.1 Å². The minimum Gasteiger partial charge on any atom is -0.465 e. The van der Waals surface area contributed by atoms with Crippen LogP contribution in [0, 0.1) is 5.92 Å². The molecule has 0 aromatic heterocycles. The third-order valence-corrected chi connectivity index (χ3v) is 11.5. The number of ether oxygens (including phenoxy) is 1. The van der Waals surface area contributed by atoms with E-state index in [2.05, 4.69) is 61.0 Å². The zero-order valence-electron chi connectivity index (χ0n) is 19.4. The van der Waals surface area contributed by atoms with Crippen molar-refractivity contribution in [3.63, 3.8) is 0 Å². The minimum atomic E-state index is -2.70. The molecule has 0 saturated carbocycles. The predicted octanol–water partition coefficient (Wildman–Crippen LogP) is 4.28. The number of hydrogen-bond acceptors (Lipinski definition) is 4. The van der Waals surface area contributed by atoms with E-state index in [1.807, 2.05) is 43.3 Å². The standard InChI is InChI=1S/C25H35BrO4Si/c1-7-29-23(28)25(6,26)22(27)19(2)18-30-31(24(3,4)5,20-14-10-8-11-15-20)21-16-12-9-13-17-21/h8-17,19,22,27H,7,18H2,1-6H3/t19-,22+,25-/m0/s1. The number of alkyl halides is 1. The van der Waals surface area contributed by atoms with Gasteiger partial charge < -0.3 is 14.3 Å². The van der Waals surface area contributed by atoms with Crippen LogP contribution in [0.25, 0.3) is 0 Å². The first-order valence-corrected chi connectivity index (χ1v) is 13.5. The van der Waals surface area contributed by atoms with Crippen molar-refractivity contribution >= 4 is 40.6 Å². The molecule has 0 saturated heterocycles. The van der Waals surface area contributed by atoms with Gasteiger partial charge in [-0.15, -0.1) is 0 Å². The van der Waals surface area contributed by atoms with E-state index >= 15 is 0 Å². The Bertz CT molecular complexity index is 794. The summed E-state index contributed by atoms with van der Waals surface area (Å²) in [5, 5.41) is 13.2. The highest BCUT2D eigenvalue weighted by atomic mass is 79.9. The van der Waals surface area contributed by atoms with Crippen molar-refractivity contribution in [3.8, 4) is 0 Å². The predicted molar refractivity (Wildman–Crippen MR) is 133 cm³/mol. The van der Waals surface area contributed by atoms with E-state index in [1.165, 1.54) is 10.4 Å². The van der Waals surface area contributed by atoms with Gasteiger partial charge in [0, 0.05) is 12.5 Å². The first kappa shape index (κ1) is 25.8. The fraction of sp³-hybridized carbons (Fsp3) is 0.480. The summed E-state index contributed by atoms with van der Waals surface area (Å²) in [7, 11) is -2.70. The maximum Gasteiger partial charge on any atom is 0.325 e. The monoisotopic (exact) mass is 506 g/mol. The van der Waals surface area contributed by atoms with Crippen LogP contribution in [0.5, 0.6) is 0 Å². The average molecular weight is 508 g/mol. The maximum absolute atomic E-state index is 12.4. The van der Waals surface area contributed by atoms with Crippen LogP contribution < -0.4 is 10.4 Å². The first-order chi connectivity index (χ1) is 14.5. The summed E-state index contributed by atoms with van der Waals surface area (Å²) in [4.78, 5) is 12.4. The van der Waals surface area contributed by atoms with E-state index in [9.17, 15) is 9.90 Å². The van der Waals surface area contributed by atoms with E-state index in [0.717, 1.165) is 0 Å². The molecule has 2 aromatic rings. The van der Waals surface area contributed by atoms with E-state index < -0.39 is 24.7 Å². The molecular weight excluding hydrogens is 472 g/mol. The summed E-state index contributed by atoms with van der Waals surface area (Å²) in [6, 6.07) is 20.8. The number of hydrogen-bond donors (Lipinski definition) is 1. The van der Waals surface area contributed by atoms with Crippen LogP contribution in [-0.4, -0.2) is 43.0 Å². The Hall–Kier alpha value is -1.47. The summed E-state index contributed by atoms with van der Waals surface area (Å²) in [5.74, 6) is -0.768. The molecule has 4 nitrogen and oxygen atoms in total. The number of carbonyl (C=O) groups excluding carboxylic acids is 1. The SMILES string of the molecule is CCOC(=O)[C@@](C)(Br)[C@H](O)[C@@H](C)CO[Si](c1ccccc1)(c1ccccc1)C(C)(C)C. The van der Waals surface area contributed by atoms with Gasteiger partial charge in [0.1, 0.15) is 4.32 Å². The van der Waals surface area contributed by atoms with Crippen LogP contribution in [0.2, 0.25) is 5.04 Å². The van der Waals surface area contributed by atoms with Crippen molar-refractivity contribution in [1.82, 2.24) is 0 Å². The molecule has 2 aromatic carbocycles. The highest BCUT2D eigenvalue weighted by Crippen LogP contribution is 2.38. The molecule has 0 bridgehead atoms. The molecule has 0 aliphatic rings. The number of aliphatic hydroxyl groups excluding tert-OH is 1. The lowest BCUT2D eigenvalue weighted by molar-refractivity contribution is -0.149. The molecule has 2 rings (SSSR count). The van der Waals surface area contributed by atoms with Crippen LogP contribution in [-0.2, 0) is 14.0 Å². The molecule has 170 valence electrons. The highest BCUT2D eigenvalue weighted by molar-refractivity contribution is 9.10. The molecule has 0 aliphatic heterocycles. The van der Waals surface area contributed by atoms with Gasteiger partial charge in [0.25, 0.3) is 8.32 Å². The third kappa shape index (κ3) is 5.48. The lowest BCUT2D eigenvalue weighted by atomic mass is 9.94. The van der Waals surface area contributed by atoms with Gasteiger partial charge in [-0.05, 0) is 29.3 Å². The summed E-state index contributed by atoms with van der Waals surface area (Å²) in [6.07, 6.45) is -0.968. The number of aliphatic hydroxyl groups is 1. The number of carbonyl (C=O) groups is 1. The Morgan fingerprint density at radius 3 is 1.84 bits per heavy atom. The van der Waals surface area contributed by atoms with Gasteiger partial charge in [0.05, 0.1) is 12.7 Å². The molecule has 0 spiro atoms. The molecule has 1 N–H and O–H groups in total. The van der Waals surface area contributed by atoms with Crippen LogP contribution in [0.1, 0.15) is 41.5 Å². The Balaban J connectivity index is 2.42. The molecule has 0 amide bonds. The molecule has 31 heavy (non-hydrogen) atoms. The number of rotatable bonds is 9. The van der Waals surface area contributed by atoms with Crippen molar-refractivity contribution in [2.75, 3.05) is 13.2 Å². The lowest BCUT2D eigenvalue weighted by Crippen LogP contribution is -2.67. The van der Waals surface area contributed by atoms with E-state index in [-0.39, 0.29) is 17.6 Å². The van der Waals surface area contributed by atoms with E-state index in [4.69, 9.17) is 9.16 Å². The molecule has 6 heteroatoms. The summed E-state index contributed by atoms with van der Waals surface area (Å²) < 4.78 is 10.8. The van der Waals surface area contributed by atoms with Gasteiger partial charge in [0.15, 0.2) is 0 Å². The lowest BCUT2D eigenvalue weighted by Gasteiger charge is -2.44. The van der Waals surface area contributed by atoms with Crippen LogP contribution in [0.3, 0.4) is 0 Å². The smallest absolute Gasteiger partial charge is 0.325 e. The van der Waals surface area contributed by atoms with Gasteiger partial charge in [-0.25, -0.2) is 0 Å². The van der Waals surface area contributed by atoms with Crippen molar-refractivity contribution in [1.29, 1.82) is 0 Å². The molecule has 0 unspecified atom stereocenters. The second-order valence-corrected chi connectivity index (χ2v) is 15.1. The van der Waals surface area contributed by atoms with Crippen LogP contribution >= 0.6 is 15.9 Å². The van der Waals surface area contributed by atoms with Gasteiger partial charge in [-0.3, -0.25) is 4.79 Å². The van der Waals surface area contributed by atoms with E-state index in [0.29, 0.717) is 6.61 Å². The average Bonchev–Trinajstić information content (AvgIpc) is 2.74. The Morgan fingerprint density at radius 1 is 1.00 bits per heavy atom. The van der Waals surface area contributed by atoms with Crippen LogP contribution in [0.15, 0.2) is 60.7 Å². The number of halogens is 1. The molecular formula is C25H35BrO4Si. The Kier molecular flexibility index (Phi) is 8.67. The zero-order chi connectivity index (χ0) is 23.3. The zero-order valence-corrected chi connectivity index (χ0v) is 22.0. The second-order valence-electron chi connectivity index (χ2n) is 9.19. The van der Waals surface area contributed by atoms with Crippen LogP contribution in [0.4, 0.5) is 0 Å².